The molecule has 0 aliphatic carbocycles. The second kappa shape index (κ2) is 7.48. The van der Waals surface area contributed by atoms with Crippen LogP contribution in [-0.4, -0.2) is 53.9 Å². The van der Waals surface area contributed by atoms with Crippen molar-refractivity contribution in [2.24, 2.45) is 0 Å². The van der Waals surface area contributed by atoms with Crippen molar-refractivity contribution >= 4 is 11.8 Å². The molecule has 0 unspecified atom stereocenters. The molecule has 2 fully saturated rings. The molecule has 2 bridgehead atoms. The minimum atomic E-state index is -0.437. The summed E-state index contributed by atoms with van der Waals surface area (Å²) in [7, 11) is 1.43. The molecule has 2 aliphatic rings. The maximum Gasteiger partial charge on any atom is 0.257 e. The molecule has 0 N–H and O–H groups in total. The van der Waals surface area contributed by atoms with Gasteiger partial charge in [0, 0.05) is 37.7 Å². The fourth-order valence-corrected chi connectivity index (χ4v) is 3.88. The Morgan fingerprint density at radius 3 is 2.46 bits per heavy atom. The van der Waals surface area contributed by atoms with Crippen LogP contribution in [0.1, 0.15) is 43.5 Å². The normalized spacial score (nSPS) is 21.5. The van der Waals surface area contributed by atoms with E-state index in [0.29, 0.717) is 25.1 Å². The van der Waals surface area contributed by atoms with Gasteiger partial charge in [-0.2, -0.15) is 0 Å². The molecule has 0 aromatic heterocycles. The molecule has 2 amide bonds. The highest BCUT2D eigenvalue weighted by Gasteiger charge is 2.43. The number of nitrogens with zero attached hydrogens (tertiary/aromatic N) is 2. The van der Waals surface area contributed by atoms with Crippen molar-refractivity contribution in [2.45, 2.75) is 45.2 Å². The number of benzene rings is 1. The fraction of sp³-hybridized carbons (Fsp3) is 0.500. The van der Waals surface area contributed by atoms with Gasteiger partial charge in [-0.1, -0.05) is 11.6 Å². The van der Waals surface area contributed by atoms with Crippen LogP contribution in [0.3, 0.4) is 0 Å². The number of ether oxygens (including phenoxy) is 1. The zero-order chi connectivity index (χ0) is 18.8. The smallest absolute Gasteiger partial charge is 0.257 e. The highest BCUT2D eigenvalue weighted by atomic mass is 19.1. The van der Waals surface area contributed by atoms with Crippen LogP contribution in [0, 0.1) is 5.82 Å². The number of carbonyl (C=O) groups is 2. The van der Waals surface area contributed by atoms with Gasteiger partial charge in [0.25, 0.3) is 5.91 Å². The third-order valence-corrected chi connectivity index (χ3v) is 5.14. The Balaban J connectivity index is 1.74. The Labute approximate surface area is 153 Å². The second-order valence-electron chi connectivity index (χ2n) is 7.23. The summed E-state index contributed by atoms with van der Waals surface area (Å²) in [6, 6.07) is 4.07. The van der Waals surface area contributed by atoms with Crippen molar-refractivity contribution in [1.29, 1.82) is 0 Å². The lowest BCUT2D eigenvalue weighted by molar-refractivity contribution is -0.135. The average molecular weight is 360 g/mol. The van der Waals surface area contributed by atoms with Gasteiger partial charge in [-0.25, -0.2) is 4.39 Å². The summed E-state index contributed by atoms with van der Waals surface area (Å²) in [5.41, 5.74) is 1.49. The quantitative estimate of drug-likeness (QED) is 0.776. The molecule has 140 valence electrons. The number of hydrogen-bond donors (Lipinski definition) is 0. The van der Waals surface area contributed by atoms with Gasteiger partial charge in [0.2, 0.25) is 5.91 Å². The van der Waals surface area contributed by atoms with E-state index in [9.17, 15) is 14.0 Å². The summed E-state index contributed by atoms with van der Waals surface area (Å²) in [4.78, 5) is 29.2. The van der Waals surface area contributed by atoms with Crippen molar-refractivity contribution in [3.05, 3.63) is 41.2 Å². The first-order chi connectivity index (χ1) is 12.4. The van der Waals surface area contributed by atoms with Crippen LogP contribution < -0.4 is 4.74 Å². The van der Waals surface area contributed by atoms with E-state index in [-0.39, 0.29) is 29.6 Å². The van der Waals surface area contributed by atoms with E-state index >= 15 is 0 Å². The van der Waals surface area contributed by atoms with Gasteiger partial charge in [0.1, 0.15) is 11.6 Å². The van der Waals surface area contributed by atoms with E-state index in [0.717, 1.165) is 18.4 Å². The van der Waals surface area contributed by atoms with Crippen LogP contribution in [0.4, 0.5) is 4.39 Å². The number of halogens is 1. The third kappa shape index (κ3) is 3.59. The molecule has 2 heterocycles. The first kappa shape index (κ1) is 18.4. The van der Waals surface area contributed by atoms with Crippen molar-refractivity contribution in [3.63, 3.8) is 0 Å². The van der Waals surface area contributed by atoms with E-state index < -0.39 is 5.82 Å². The fourth-order valence-electron chi connectivity index (χ4n) is 3.88. The second-order valence-corrected chi connectivity index (χ2v) is 7.23. The van der Waals surface area contributed by atoms with Crippen molar-refractivity contribution in [3.8, 4) is 5.75 Å². The lowest BCUT2D eigenvalue weighted by Gasteiger charge is -2.41. The molecule has 0 saturated carbocycles. The molecule has 2 saturated heterocycles. The monoisotopic (exact) mass is 360 g/mol. The zero-order valence-electron chi connectivity index (χ0n) is 15.5. The number of allylic oxidation sites excluding steroid dienone is 1. The lowest BCUT2D eigenvalue weighted by Crippen LogP contribution is -2.57. The predicted octanol–water partition coefficient (Wildman–Crippen LogP) is 3.01. The van der Waals surface area contributed by atoms with Gasteiger partial charge in [-0.05, 0) is 38.8 Å². The van der Waals surface area contributed by atoms with E-state index in [1.54, 1.807) is 4.90 Å². The standard InChI is InChI=1S/C20H25FN2O3/c1-13(2)4-9-19(24)23-15-6-7-16(23)12-22(11-15)20(25)17-8-5-14(21)10-18(17)26-3/h4-5,8,10,15-16H,6-7,9,11-12H2,1-3H3/t15-,16+. The van der Waals surface area contributed by atoms with Gasteiger partial charge in [-0.3, -0.25) is 9.59 Å². The first-order valence-corrected chi connectivity index (χ1v) is 8.98. The van der Waals surface area contributed by atoms with Crippen LogP contribution in [0.5, 0.6) is 5.75 Å². The topological polar surface area (TPSA) is 49.9 Å². The summed E-state index contributed by atoms with van der Waals surface area (Å²) in [6.45, 7) is 4.98. The van der Waals surface area contributed by atoms with E-state index in [4.69, 9.17) is 4.74 Å². The first-order valence-electron chi connectivity index (χ1n) is 8.98. The number of rotatable bonds is 4. The number of hydrogen-bond acceptors (Lipinski definition) is 3. The van der Waals surface area contributed by atoms with Crippen molar-refractivity contribution < 1.29 is 18.7 Å². The van der Waals surface area contributed by atoms with Gasteiger partial charge in [0.15, 0.2) is 0 Å². The number of amides is 2. The zero-order valence-corrected chi connectivity index (χ0v) is 15.5. The summed E-state index contributed by atoms with van der Waals surface area (Å²) in [5.74, 6) is -0.238. The van der Waals surface area contributed by atoms with Crippen LogP contribution in [-0.2, 0) is 4.79 Å². The minimum absolute atomic E-state index is 0.0576. The van der Waals surface area contributed by atoms with E-state index in [1.807, 2.05) is 24.8 Å². The van der Waals surface area contributed by atoms with Gasteiger partial charge in [0.05, 0.1) is 12.7 Å². The molecular formula is C20H25FN2O3. The van der Waals surface area contributed by atoms with Crippen LogP contribution in [0.2, 0.25) is 0 Å². The van der Waals surface area contributed by atoms with Crippen LogP contribution >= 0.6 is 0 Å². The third-order valence-electron chi connectivity index (χ3n) is 5.14. The maximum atomic E-state index is 13.4. The number of methoxy groups -OCH3 is 1. The largest absolute Gasteiger partial charge is 0.496 e. The Morgan fingerprint density at radius 1 is 1.23 bits per heavy atom. The Morgan fingerprint density at radius 2 is 1.88 bits per heavy atom. The molecule has 1 aromatic rings. The molecule has 1 aromatic carbocycles. The minimum Gasteiger partial charge on any atom is -0.496 e. The number of likely N-dealkylation sites (tertiary alicyclic amines) is 1. The average Bonchev–Trinajstić information content (AvgIpc) is 2.88. The highest BCUT2D eigenvalue weighted by molar-refractivity contribution is 5.97. The molecule has 5 nitrogen and oxygen atoms in total. The molecule has 0 spiro atoms. The molecular weight excluding hydrogens is 335 g/mol. The summed E-state index contributed by atoms with van der Waals surface area (Å²) in [5, 5.41) is 0. The van der Waals surface area contributed by atoms with Crippen molar-refractivity contribution in [1.82, 2.24) is 9.80 Å². The SMILES string of the molecule is COc1cc(F)ccc1C(=O)N1C[C@H]2CC[C@@H](C1)N2C(=O)CC=C(C)C. The molecule has 3 rings (SSSR count). The number of fused-ring (bicyclic) bond motifs is 2. The number of piperazine rings is 1. The molecule has 2 aliphatic heterocycles. The molecule has 6 heteroatoms. The van der Waals surface area contributed by atoms with Crippen LogP contribution in [0.15, 0.2) is 29.8 Å². The van der Waals surface area contributed by atoms with Gasteiger partial charge < -0.3 is 14.5 Å². The van der Waals surface area contributed by atoms with E-state index in [2.05, 4.69) is 0 Å². The predicted molar refractivity (Wildman–Crippen MR) is 96.6 cm³/mol. The number of carbonyl (C=O) groups excluding carboxylic acids is 2. The van der Waals surface area contributed by atoms with Gasteiger partial charge >= 0.3 is 0 Å². The Kier molecular flexibility index (Phi) is 5.30. The summed E-state index contributed by atoms with van der Waals surface area (Å²) >= 11 is 0. The Bertz CT molecular complexity index is 729. The maximum absolute atomic E-state index is 13.4. The summed E-state index contributed by atoms with van der Waals surface area (Å²) < 4.78 is 18.6. The summed E-state index contributed by atoms with van der Waals surface area (Å²) in [6.07, 6.45) is 4.18. The van der Waals surface area contributed by atoms with Crippen LogP contribution in [0.25, 0.3) is 0 Å². The lowest BCUT2D eigenvalue weighted by atomic mass is 10.1. The molecule has 2 atom stereocenters. The van der Waals surface area contributed by atoms with Crippen molar-refractivity contribution in [2.75, 3.05) is 20.2 Å². The van der Waals surface area contributed by atoms with Gasteiger partial charge in [-0.15, -0.1) is 0 Å². The molecule has 26 heavy (non-hydrogen) atoms. The Hall–Kier alpha value is -2.37. The molecule has 0 radical (unpaired) electrons. The van der Waals surface area contributed by atoms with E-state index in [1.165, 1.54) is 25.3 Å². The highest BCUT2D eigenvalue weighted by Crippen LogP contribution is 2.32.